The third kappa shape index (κ3) is 5.75. The van der Waals surface area contributed by atoms with Crippen LogP contribution in [0.3, 0.4) is 0 Å². The van der Waals surface area contributed by atoms with Crippen LogP contribution < -0.4 is 5.32 Å². The molecule has 0 radical (unpaired) electrons. The van der Waals surface area contributed by atoms with Gasteiger partial charge in [0.15, 0.2) is 5.82 Å². The number of rotatable bonds is 6. The highest BCUT2D eigenvalue weighted by Crippen LogP contribution is 2.25. The minimum absolute atomic E-state index is 0.220. The third-order valence-electron chi connectivity index (χ3n) is 4.33. The molecule has 2 aromatic heterocycles. The van der Waals surface area contributed by atoms with Crippen LogP contribution in [0.25, 0.3) is 0 Å². The van der Waals surface area contributed by atoms with E-state index in [1.165, 1.54) is 4.88 Å². The molecule has 1 aliphatic heterocycles. The van der Waals surface area contributed by atoms with Gasteiger partial charge in [0.1, 0.15) is 5.60 Å². The maximum absolute atomic E-state index is 11.9. The molecule has 1 N–H and O–H groups in total. The predicted molar refractivity (Wildman–Crippen MR) is 104 cm³/mol. The van der Waals surface area contributed by atoms with E-state index in [0.717, 1.165) is 26.1 Å². The van der Waals surface area contributed by atoms with E-state index in [9.17, 15) is 4.79 Å². The molecule has 27 heavy (non-hydrogen) atoms. The van der Waals surface area contributed by atoms with Crippen LogP contribution in [0.15, 0.2) is 24.0 Å². The van der Waals surface area contributed by atoms with E-state index in [1.807, 2.05) is 43.4 Å². The van der Waals surface area contributed by atoms with Crippen molar-refractivity contribution >= 4 is 23.2 Å². The highest BCUT2D eigenvalue weighted by molar-refractivity contribution is 7.09. The monoisotopic (exact) mass is 393 g/mol. The number of anilines is 1. The first kappa shape index (κ1) is 19.8. The van der Waals surface area contributed by atoms with Crippen molar-refractivity contribution in [1.82, 2.24) is 19.7 Å². The number of thiazole rings is 1. The van der Waals surface area contributed by atoms with Crippen molar-refractivity contribution in [2.24, 2.45) is 0 Å². The van der Waals surface area contributed by atoms with Gasteiger partial charge in [-0.25, -0.2) is 4.79 Å². The van der Waals surface area contributed by atoms with Gasteiger partial charge in [0, 0.05) is 49.6 Å². The van der Waals surface area contributed by atoms with Gasteiger partial charge in [-0.3, -0.25) is 19.9 Å². The lowest BCUT2D eigenvalue weighted by molar-refractivity contribution is 0.0635. The van der Waals surface area contributed by atoms with Gasteiger partial charge in [0.05, 0.1) is 18.2 Å². The fourth-order valence-electron chi connectivity index (χ4n) is 3.17. The van der Waals surface area contributed by atoms with Crippen molar-refractivity contribution in [3.8, 4) is 0 Å². The first-order valence-electron chi connectivity index (χ1n) is 9.00. The maximum atomic E-state index is 11.9. The number of nitrogens with one attached hydrogen (secondary N) is 1. The maximum Gasteiger partial charge on any atom is 0.413 e. The van der Waals surface area contributed by atoms with E-state index < -0.39 is 11.7 Å². The summed E-state index contributed by atoms with van der Waals surface area (Å²) in [6.45, 7) is 7.97. The number of hydrogen-bond donors (Lipinski definition) is 1. The van der Waals surface area contributed by atoms with Crippen LogP contribution in [-0.4, -0.2) is 57.2 Å². The van der Waals surface area contributed by atoms with Crippen LogP contribution in [0.1, 0.15) is 32.1 Å². The Morgan fingerprint density at radius 1 is 1.44 bits per heavy atom. The fourth-order valence-corrected chi connectivity index (χ4v) is 3.79. The van der Waals surface area contributed by atoms with Crippen LogP contribution in [-0.2, 0) is 22.6 Å². The summed E-state index contributed by atoms with van der Waals surface area (Å²) in [7, 11) is 1.76. The lowest BCUT2D eigenvalue weighted by atomic mass is 10.2. The summed E-state index contributed by atoms with van der Waals surface area (Å²) in [5.41, 5.74) is 1.32. The van der Waals surface area contributed by atoms with Gasteiger partial charge < -0.3 is 9.47 Å². The molecule has 0 spiro atoms. The average Bonchev–Trinajstić information content (AvgIpc) is 3.29. The molecule has 2 atom stereocenters. The van der Waals surface area contributed by atoms with Gasteiger partial charge in [-0.2, -0.15) is 5.10 Å². The molecule has 1 amide bonds. The van der Waals surface area contributed by atoms with Crippen LogP contribution in [0.4, 0.5) is 10.6 Å². The number of carbonyl (C=O) groups excluding carboxylic acids is 1. The van der Waals surface area contributed by atoms with Crippen LogP contribution in [0.5, 0.6) is 0 Å². The largest absolute Gasteiger partial charge is 0.444 e. The zero-order valence-corrected chi connectivity index (χ0v) is 17.0. The number of ether oxygens (including phenoxy) is 2. The average molecular weight is 394 g/mol. The Labute approximate surface area is 163 Å². The lowest BCUT2D eigenvalue weighted by Crippen LogP contribution is -2.32. The molecule has 3 rings (SSSR count). The van der Waals surface area contributed by atoms with Gasteiger partial charge in [-0.15, -0.1) is 11.3 Å². The molecular weight excluding hydrogens is 366 g/mol. The molecule has 1 saturated heterocycles. The normalized spacial score (nSPS) is 20.7. The second-order valence-corrected chi connectivity index (χ2v) is 8.67. The minimum Gasteiger partial charge on any atom is -0.444 e. The number of hydrogen-bond acceptors (Lipinski definition) is 7. The van der Waals surface area contributed by atoms with E-state index in [0.29, 0.717) is 11.9 Å². The molecule has 0 aromatic carbocycles. The Morgan fingerprint density at radius 2 is 2.26 bits per heavy atom. The van der Waals surface area contributed by atoms with E-state index in [1.54, 1.807) is 24.5 Å². The number of carbonyl (C=O) groups is 1. The summed E-state index contributed by atoms with van der Waals surface area (Å²) < 4.78 is 12.7. The highest BCUT2D eigenvalue weighted by Gasteiger charge is 2.32. The van der Waals surface area contributed by atoms with Crippen LogP contribution in [0.2, 0.25) is 0 Å². The Bertz CT molecular complexity index is 741. The summed E-state index contributed by atoms with van der Waals surface area (Å²) in [5, 5.41) is 7.13. The van der Waals surface area contributed by atoms with Crippen molar-refractivity contribution in [1.29, 1.82) is 0 Å². The van der Waals surface area contributed by atoms with Crippen LogP contribution >= 0.6 is 11.3 Å². The van der Waals surface area contributed by atoms with E-state index in [2.05, 4.69) is 20.3 Å². The molecule has 0 bridgehead atoms. The fraction of sp³-hybridized carbons (Fsp3) is 0.611. The summed E-state index contributed by atoms with van der Waals surface area (Å²) in [5.74, 6) is 0.486. The summed E-state index contributed by atoms with van der Waals surface area (Å²) >= 11 is 1.66. The summed E-state index contributed by atoms with van der Waals surface area (Å²) in [6, 6.07) is 2.09. The first-order chi connectivity index (χ1) is 12.8. The van der Waals surface area contributed by atoms with Crippen LogP contribution in [0, 0.1) is 0 Å². The number of amides is 1. The number of aromatic nitrogens is 3. The number of methoxy groups -OCH3 is 1. The van der Waals surface area contributed by atoms with Gasteiger partial charge in [0.2, 0.25) is 0 Å². The Kier molecular flexibility index (Phi) is 6.13. The second-order valence-electron chi connectivity index (χ2n) is 7.69. The van der Waals surface area contributed by atoms with Gasteiger partial charge in [0.25, 0.3) is 0 Å². The molecule has 2 aromatic rings. The van der Waals surface area contributed by atoms with Gasteiger partial charge in [-0.1, -0.05) is 0 Å². The van der Waals surface area contributed by atoms with E-state index >= 15 is 0 Å². The van der Waals surface area contributed by atoms with Crippen molar-refractivity contribution in [2.75, 3.05) is 19.0 Å². The second kappa shape index (κ2) is 8.37. The Hall–Kier alpha value is -1.97. The quantitative estimate of drug-likeness (QED) is 0.813. The standard InChI is InChI=1S/C18H27N5O3S/c1-18(2,3)26-17(24)20-16-5-6-23(21-16)9-13-7-14(25-4)10-22(13)11-15-8-19-12-27-15/h5-6,8,12-14H,7,9-11H2,1-4H3,(H,20,21,24)/t13-,14-/m0/s1. The lowest BCUT2D eigenvalue weighted by Gasteiger charge is -2.23. The molecule has 0 unspecified atom stereocenters. The molecule has 148 valence electrons. The van der Waals surface area contributed by atoms with Crippen molar-refractivity contribution in [3.05, 3.63) is 28.8 Å². The van der Waals surface area contributed by atoms with E-state index in [-0.39, 0.29) is 6.10 Å². The molecular formula is C18H27N5O3S. The SMILES string of the molecule is CO[C@H]1C[C@@H](Cn2ccc(NC(=O)OC(C)(C)C)n2)N(Cc2cncs2)C1. The first-order valence-corrected chi connectivity index (χ1v) is 9.88. The minimum atomic E-state index is -0.539. The Balaban J connectivity index is 1.60. The molecule has 1 aliphatic rings. The number of nitrogens with zero attached hydrogens (tertiary/aromatic N) is 4. The van der Waals surface area contributed by atoms with Gasteiger partial charge in [-0.05, 0) is 27.2 Å². The highest BCUT2D eigenvalue weighted by atomic mass is 32.1. The van der Waals surface area contributed by atoms with Crippen molar-refractivity contribution < 1.29 is 14.3 Å². The smallest absolute Gasteiger partial charge is 0.413 e. The molecule has 0 saturated carbocycles. The molecule has 1 fully saturated rings. The predicted octanol–water partition coefficient (Wildman–Crippen LogP) is 2.98. The topological polar surface area (TPSA) is 81.5 Å². The third-order valence-corrected chi connectivity index (χ3v) is 5.10. The zero-order chi connectivity index (χ0) is 19.4. The van der Waals surface area contributed by atoms with Crippen molar-refractivity contribution in [3.63, 3.8) is 0 Å². The van der Waals surface area contributed by atoms with Gasteiger partial charge >= 0.3 is 6.09 Å². The van der Waals surface area contributed by atoms with Crippen molar-refractivity contribution in [2.45, 2.75) is 58.0 Å². The Morgan fingerprint density at radius 3 is 2.93 bits per heavy atom. The summed E-state index contributed by atoms with van der Waals surface area (Å²) in [4.78, 5) is 19.7. The summed E-state index contributed by atoms with van der Waals surface area (Å²) in [6.07, 6.45) is 4.46. The zero-order valence-electron chi connectivity index (χ0n) is 16.2. The number of likely N-dealkylation sites (tertiary alicyclic amines) is 1. The molecule has 9 heteroatoms. The molecule has 3 heterocycles. The molecule has 0 aliphatic carbocycles. The molecule has 8 nitrogen and oxygen atoms in total. The van der Waals surface area contributed by atoms with E-state index in [4.69, 9.17) is 9.47 Å².